The number of aromatic nitrogens is 4. The molecule has 0 saturated carbocycles. The van der Waals surface area contributed by atoms with Gasteiger partial charge in [-0.05, 0) is 48.5 Å². The quantitative estimate of drug-likeness (QED) is 0.444. The molecule has 0 N–H and O–H groups in total. The van der Waals surface area contributed by atoms with Crippen LogP contribution in [0.5, 0.6) is 0 Å². The molecule has 0 amide bonds. The molecule has 0 bridgehead atoms. The lowest BCUT2D eigenvalue weighted by atomic mass is 10.1. The largest absolute Gasteiger partial charge is 0.338 e. The number of nitrogens with zero attached hydrogens (tertiary/aromatic N) is 5. The minimum absolute atomic E-state index is 0.565. The molecule has 6 nitrogen and oxygen atoms in total. The Morgan fingerprint density at radius 3 is 2.23 bits per heavy atom. The van der Waals surface area contributed by atoms with Crippen LogP contribution in [0.3, 0.4) is 0 Å². The van der Waals surface area contributed by atoms with Crippen molar-refractivity contribution < 1.29 is 4.52 Å². The van der Waals surface area contributed by atoms with Crippen molar-refractivity contribution in [1.29, 1.82) is 0 Å². The molecule has 30 heavy (non-hydrogen) atoms. The molecule has 0 unspecified atom stereocenters. The van der Waals surface area contributed by atoms with Crippen LogP contribution in [0.4, 0.5) is 0 Å². The first kappa shape index (κ1) is 19.2. The fraction of sp³-hybridized carbons (Fsp3) is 0.182. The molecule has 0 aliphatic carbocycles. The molecule has 0 radical (unpaired) electrons. The lowest BCUT2D eigenvalue weighted by Gasteiger charge is -2.26. The van der Waals surface area contributed by atoms with Crippen LogP contribution in [-0.2, 0) is 19.5 Å². The third-order valence-corrected chi connectivity index (χ3v) is 5.55. The Labute approximate surface area is 183 Å². The van der Waals surface area contributed by atoms with Gasteiger partial charge in [0, 0.05) is 52.4 Å². The van der Waals surface area contributed by atoms with Gasteiger partial charge in [0.1, 0.15) is 0 Å². The summed E-state index contributed by atoms with van der Waals surface area (Å²) in [5.74, 6) is 1.88. The van der Waals surface area contributed by atoms with Crippen LogP contribution in [0.2, 0.25) is 10.0 Å². The predicted octanol–water partition coefficient (Wildman–Crippen LogP) is 5.06. The van der Waals surface area contributed by atoms with Crippen LogP contribution in [-0.4, -0.2) is 31.6 Å². The second-order valence-electron chi connectivity index (χ2n) is 7.15. The average Bonchev–Trinajstić information content (AvgIpc) is 3.23. The van der Waals surface area contributed by atoms with Crippen LogP contribution in [0.25, 0.3) is 22.8 Å². The van der Waals surface area contributed by atoms with Crippen molar-refractivity contribution in [3.8, 4) is 22.8 Å². The Morgan fingerprint density at radius 2 is 1.53 bits per heavy atom. The van der Waals surface area contributed by atoms with E-state index in [0.29, 0.717) is 28.3 Å². The average molecular weight is 438 g/mol. The Kier molecular flexibility index (Phi) is 5.21. The third-order valence-electron chi connectivity index (χ3n) is 5.04. The topological polar surface area (TPSA) is 67.9 Å². The maximum Gasteiger partial charge on any atom is 0.241 e. The van der Waals surface area contributed by atoms with Crippen LogP contribution in [0.1, 0.15) is 17.1 Å². The van der Waals surface area contributed by atoms with Gasteiger partial charge in [0.2, 0.25) is 11.7 Å². The standard InChI is InChI=1S/C22H17Cl2N5O/c23-17-5-1-14(2-6-17)21-25-11-16-12-29(10-9-19(16)26-21)13-20-27-22(28-30-20)15-3-7-18(24)8-4-15/h1-8,11H,9-10,12-13H2. The summed E-state index contributed by atoms with van der Waals surface area (Å²) in [6.45, 7) is 2.19. The highest BCUT2D eigenvalue weighted by Gasteiger charge is 2.21. The van der Waals surface area contributed by atoms with E-state index in [1.807, 2.05) is 54.7 Å². The van der Waals surface area contributed by atoms with Crippen molar-refractivity contribution in [3.63, 3.8) is 0 Å². The summed E-state index contributed by atoms with van der Waals surface area (Å²) in [5, 5.41) is 5.47. The van der Waals surface area contributed by atoms with Crippen molar-refractivity contribution in [1.82, 2.24) is 25.0 Å². The molecule has 0 atom stereocenters. The second-order valence-corrected chi connectivity index (χ2v) is 8.02. The van der Waals surface area contributed by atoms with E-state index in [1.165, 1.54) is 0 Å². The summed E-state index contributed by atoms with van der Waals surface area (Å²) in [6, 6.07) is 15.0. The molecule has 2 aromatic carbocycles. The van der Waals surface area contributed by atoms with E-state index in [-0.39, 0.29) is 0 Å². The van der Waals surface area contributed by atoms with E-state index >= 15 is 0 Å². The Morgan fingerprint density at radius 1 is 0.867 bits per heavy atom. The predicted molar refractivity (Wildman–Crippen MR) is 115 cm³/mol. The number of halogens is 2. The molecule has 4 aromatic rings. The van der Waals surface area contributed by atoms with Gasteiger partial charge >= 0.3 is 0 Å². The number of benzene rings is 2. The van der Waals surface area contributed by atoms with E-state index in [9.17, 15) is 0 Å². The van der Waals surface area contributed by atoms with Gasteiger partial charge < -0.3 is 4.52 Å². The molecular formula is C22H17Cl2N5O. The molecule has 0 saturated heterocycles. The number of hydrogen-bond acceptors (Lipinski definition) is 6. The number of hydrogen-bond donors (Lipinski definition) is 0. The van der Waals surface area contributed by atoms with Crippen LogP contribution in [0, 0.1) is 0 Å². The second kappa shape index (κ2) is 8.14. The van der Waals surface area contributed by atoms with Gasteiger partial charge in [-0.1, -0.05) is 28.4 Å². The summed E-state index contributed by atoms with van der Waals surface area (Å²) in [5.41, 5.74) is 4.04. The Balaban J connectivity index is 1.28. The van der Waals surface area contributed by atoms with Crippen molar-refractivity contribution in [2.24, 2.45) is 0 Å². The summed E-state index contributed by atoms with van der Waals surface area (Å²) in [7, 11) is 0. The van der Waals surface area contributed by atoms with Gasteiger partial charge in [0.05, 0.1) is 12.2 Å². The van der Waals surface area contributed by atoms with Crippen LogP contribution >= 0.6 is 23.2 Å². The SMILES string of the molecule is Clc1ccc(-c2noc(CN3CCc4nc(-c5ccc(Cl)cc5)ncc4C3)n2)cc1. The normalized spacial score (nSPS) is 13.9. The van der Waals surface area contributed by atoms with E-state index in [2.05, 4.69) is 20.0 Å². The number of fused-ring (bicyclic) bond motifs is 1. The maximum absolute atomic E-state index is 5.97. The van der Waals surface area contributed by atoms with Gasteiger partial charge in [-0.15, -0.1) is 0 Å². The van der Waals surface area contributed by atoms with Gasteiger partial charge in [-0.2, -0.15) is 4.98 Å². The zero-order valence-corrected chi connectivity index (χ0v) is 17.4. The Hall–Kier alpha value is -2.80. The van der Waals surface area contributed by atoms with E-state index < -0.39 is 0 Å². The molecule has 0 fully saturated rings. The van der Waals surface area contributed by atoms with Crippen molar-refractivity contribution in [3.05, 3.63) is 81.9 Å². The fourth-order valence-electron chi connectivity index (χ4n) is 3.47. The minimum atomic E-state index is 0.565. The molecule has 5 rings (SSSR count). The first-order valence-electron chi connectivity index (χ1n) is 9.56. The van der Waals surface area contributed by atoms with Gasteiger partial charge in [-0.25, -0.2) is 9.97 Å². The fourth-order valence-corrected chi connectivity index (χ4v) is 3.73. The third kappa shape index (κ3) is 4.07. The first-order chi connectivity index (χ1) is 14.6. The smallest absolute Gasteiger partial charge is 0.241 e. The zero-order chi connectivity index (χ0) is 20.5. The van der Waals surface area contributed by atoms with Gasteiger partial charge in [-0.3, -0.25) is 4.90 Å². The molecule has 2 aromatic heterocycles. The summed E-state index contributed by atoms with van der Waals surface area (Å²) in [4.78, 5) is 16.1. The molecule has 1 aliphatic heterocycles. The van der Waals surface area contributed by atoms with E-state index in [4.69, 9.17) is 32.7 Å². The number of rotatable bonds is 4. The molecular weight excluding hydrogens is 421 g/mol. The summed E-state index contributed by atoms with van der Waals surface area (Å²) >= 11 is 11.9. The molecule has 3 heterocycles. The highest BCUT2D eigenvalue weighted by atomic mass is 35.5. The van der Waals surface area contributed by atoms with Crippen LogP contribution < -0.4 is 0 Å². The van der Waals surface area contributed by atoms with Crippen molar-refractivity contribution in [2.45, 2.75) is 19.5 Å². The first-order valence-corrected chi connectivity index (χ1v) is 10.3. The molecule has 0 spiro atoms. The molecule has 8 heteroatoms. The lowest BCUT2D eigenvalue weighted by Crippen LogP contribution is -2.31. The minimum Gasteiger partial charge on any atom is -0.338 e. The Bertz CT molecular complexity index is 1180. The summed E-state index contributed by atoms with van der Waals surface area (Å²) in [6.07, 6.45) is 2.75. The lowest BCUT2D eigenvalue weighted by molar-refractivity contribution is 0.209. The van der Waals surface area contributed by atoms with Gasteiger partial charge in [0.15, 0.2) is 5.82 Å². The maximum atomic E-state index is 5.97. The zero-order valence-electron chi connectivity index (χ0n) is 15.9. The highest BCUT2D eigenvalue weighted by Crippen LogP contribution is 2.24. The summed E-state index contributed by atoms with van der Waals surface area (Å²) < 4.78 is 5.45. The van der Waals surface area contributed by atoms with Crippen molar-refractivity contribution in [2.75, 3.05) is 6.54 Å². The van der Waals surface area contributed by atoms with E-state index in [1.54, 1.807) is 0 Å². The van der Waals surface area contributed by atoms with Crippen molar-refractivity contribution >= 4 is 23.2 Å². The van der Waals surface area contributed by atoms with Gasteiger partial charge in [0.25, 0.3) is 0 Å². The highest BCUT2D eigenvalue weighted by molar-refractivity contribution is 6.30. The van der Waals surface area contributed by atoms with Crippen LogP contribution in [0.15, 0.2) is 59.3 Å². The monoisotopic (exact) mass is 437 g/mol. The molecule has 150 valence electrons. The molecule has 1 aliphatic rings. The van der Waals surface area contributed by atoms with E-state index in [0.717, 1.165) is 47.7 Å².